The number of piperazine rings is 1. The van der Waals surface area contributed by atoms with E-state index in [4.69, 9.17) is 4.74 Å². The fourth-order valence-electron chi connectivity index (χ4n) is 4.82. The van der Waals surface area contributed by atoms with E-state index < -0.39 is 5.82 Å². The Morgan fingerprint density at radius 3 is 2.53 bits per heavy atom. The molecule has 0 bridgehead atoms. The number of benzene rings is 2. The quantitative estimate of drug-likeness (QED) is 0.381. The van der Waals surface area contributed by atoms with Crippen molar-refractivity contribution < 1.29 is 13.9 Å². The van der Waals surface area contributed by atoms with E-state index in [-0.39, 0.29) is 34.3 Å². The van der Waals surface area contributed by atoms with Gasteiger partial charge in [-0.05, 0) is 55.9 Å². The molecule has 9 nitrogen and oxygen atoms in total. The van der Waals surface area contributed by atoms with Crippen LogP contribution in [0.3, 0.4) is 0 Å². The molecule has 0 atom stereocenters. The first-order valence-corrected chi connectivity index (χ1v) is 12.5. The zero-order chi connectivity index (χ0) is 26.8. The van der Waals surface area contributed by atoms with E-state index in [1.54, 1.807) is 19.1 Å². The van der Waals surface area contributed by atoms with Gasteiger partial charge in [-0.1, -0.05) is 6.92 Å². The Bertz CT molecular complexity index is 1530. The lowest BCUT2D eigenvalue weighted by atomic mass is 10.2. The third kappa shape index (κ3) is 4.76. The molecule has 0 spiro atoms. The number of hydrogen-bond donors (Lipinski definition) is 1. The van der Waals surface area contributed by atoms with Gasteiger partial charge in [-0.25, -0.2) is 14.4 Å². The van der Waals surface area contributed by atoms with Crippen LogP contribution in [0.15, 0.2) is 48.8 Å². The number of nitrogens with zero attached hydrogens (tertiary/aromatic N) is 6. The van der Waals surface area contributed by atoms with Crippen molar-refractivity contribution in [1.82, 2.24) is 19.4 Å². The summed E-state index contributed by atoms with van der Waals surface area (Å²) in [5.41, 5.74) is 2.99. The standard InChI is InChI=1S/C28H28FN7O2/c1-4-34-11-13-35(14-12-34)21-7-5-20(6-8-21)33-27-23(16-30)28(32-17-31-27)38-25-10-9-24-22(26(25)29)15-18(2)36(24)19(3)37/h5-10,15,17H,4,11-14H2,1-3H3,(H,31,32,33). The topological polar surface area (TPSA) is 99.3 Å². The van der Waals surface area contributed by atoms with Crippen LogP contribution in [-0.4, -0.2) is 58.1 Å². The second-order valence-corrected chi connectivity index (χ2v) is 9.16. The Morgan fingerprint density at radius 2 is 1.87 bits per heavy atom. The molecule has 0 saturated carbocycles. The van der Waals surface area contributed by atoms with E-state index in [0.29, 0.717) is 11.2 Å². The highest BCUT2D eigenvalue weighted by atomic mass is 19.1. The SMILES string of the molecule is CCN1CCN(c2ccc(Nc3ncnc(Oc4ccc5c(cc(C)n5C(C)=O)c4F)c3C#N)cc2)CC1. The molecule has 0 aliphatic carbocycles. The summed E-state index contributed by atoms with van der Waals surface area (Å²) in [6.07, 6.45) is 1.26. The molecule has 5 rings (SSSR count). The van der Waals surface area contributed by atoms with Gasteiger partial charge in [-0.3, -0.25) is 9.36 Å². The van der Waals surface area contributed by atoms with E-state index in [2.05, 4.69) is 38.1 Å². The zero-order valence-electron chi connectivity index (χ0n) is 21.5. The normalized spacial score (nSPS) is 13.9. The lowest BCUT2D eigenvalue weighted by Crippen LogP contribution is -2.46. The Balaban J connectivity index is 1.37. The van der Waals surface area contributed by atoms with Crippen LogP contribution in [0.25, 0.3) is 10.9 Å². The van der Waals surface area contributed by atoms with Crippen molar-refractivity contribution in [3.63, 3.8) is 0 Å². The maximum Gasteiger partial charge on any atom is 0.242 e. The number of fused-ring (bicyclic) bond motifs is 1. The lowest BCUT2D eigenvalue weighted by molar-refractivity contribution is 0.0939. The molecule has 1 saturated heterocycles. The molecule has 1 N–H and O–H groups in total. The van der Waals surface area contributed by atoms with E-state index in [1.807, 2.05) is 24.3 Å². The van der Waals surface area contributed by atoms with E-state index in [0.717, 1.165) is 44.1 Å². The second-order valence-electron chi connectivity index (χ2n) is 9.16. The zero-order valence-corrected chi connectivity index (χ0v) is 21.5. The van der Waals surface area contributed by atoms with Crippen LogP contribution >= 0.6 is 0 Å². The molecule has 2 aromatic carbocycles. The number of nitrogens with one attached hydrogen (secondary N) is 1. The first-order valence-electron chi connectivity index (χ1n) is 12.5. The number of carbonyl (C=O) groups excluding carboxylic acids is 1. The third-order valence-corrected chi connectivity index (χ3v) is 6.83. The van der Waals surface area contributed by atoms with Gasteiger partial charge in [0, 0.05) is 55.6 Å². The van der Waals surface area contributed by atoms with Gasteiger partial charge < -0.3 is 19.9 Å². The molecular weight excluding hydrogens is 485 g/mol. The van der Waals surface area contributed by atoms with Crippen LogP contribution in [0.4, 0.5) is 21.6 Å². The summed E-state index contributed by atoms with van der Waals surface area (Å²) in [6, 6.07) is 14.6. The van der Waals surface area contributed by atoms with Crippen molar-refractivity contribution >= 4 is 34.0 Å². The minimum atomic E-state index is -0.641. The fourth-order valence-corrected chi connectivity index (χ4v) is 4.82. The monoisotopic (exact) mass is 513 g/mol. The van der Waals surface area contributed by atoms with Crippen LogP contribution in [-0.2, 0) is 0 Å². The van der Waals surface area contributed by atoms with Gasteiger partial charge in [-0.2, -0.15) is 5.26 Å². The average molecular weight is 514 g/mol. The molecule has 4 aromatic rings. The summed E-state index contributed by atoms with van der Waals surface area (Å²) >= 11 is 0. The predicted octanol–water partition coefficient (Wildman–Crippen LogP) is 5.09. The fraction of sp³-hybridized carbons (Fsp3) is 0.286. The average Bonchev–Trinajstić information content (AvgIpc) is 3.28. The van der Waals surface area contributed by atoms with Gasteiger partial charge >= 0.3 is 0 Å². The van der Waals surface area contributed by atoms with Crippen LogP contribution in [0, 0.1) is 24.1 Å². The highest BCUT2D eigenvalue weighted by Crippen LogP contribution is 2.34. The lowest BCUT2D eigenvalue weighted by Gasteiger charge is -2.35. The molecule has 1 fully saturated rings. The number of carbonyl (C=O) groups is 1. The molecule has 0 radical (unpaired) electrons. The van der Waals surface area contributed by atoms with E-state index in [1.165, 1.54) is 23.9 Å². The minimum absolute atomic E-state index is 0.0456. The number of halogens is 1. The number of ether oxygens (including phenoxy) is 1. The van der Waals surface area contributed by atoms with Crippen molar-refractivity contribution in [2.45, 2.75) is 20.8 Å². The Kier molecular flexibility index (Phi) is 6.94. The minimum Gasteiger partial charge on any atom is -0.434 e. The van der Waals surface area contributed by atoms with Crippen molar-refractivity contribution in [2.75, 3.05) is 42.9 Å². The highest BCUT2D eigenvalue weighted by molar-refractivity contribution is 5.93. The largest absolute Gasteiger partial charge is 0.434 e. The molecule has 1 aliphatic heterocycles. The summed E-state index contributed by atoms with van der Waals surface area (Å²) in [4.78, 5) is 25.0. The van der Waals surface area contributed by atoms with Gasteiger partial charge in [0.1, 0.15) is 12.4 Å². The van der Waals surface area contributed by atoms with E-state index >= 15 is 4.39 Å². The number of anilines is 3. The molecule has 10 heteroatoms. The Hall–Kier alpha value is -4.49. The summed E-state index contributed by atoms with van der Waals surface area (Å²) in [5.74, 6) is -0.779. The number of aryl methyl sites for hydroxylation is 1. The van der Waals surface area contributed by atoms with Crippen LogP contribution in [0.5, 0.6) is 11.6 Å². The molecule has 3 heterocycles. The molecule has 1 aliphatic rings. The number of rotatable bonds is 6. The summed E-state index contributed by atoms with van der Waals surface area (Å²) in [5, 5.41) is 13.3. The van der Waals surface area contributed by atoms with Crippen molar-refractivity contribution in [3.05, 3.63) is 65.9 Å². The first-order chi connectivity index (χ1) is 18.4. The van der Waals surface area contributed by atoms with Crippen LogP contribution in [0.2, 0.25) is 0 Å². The van der Waals surface area contributed by atoms with Crippen LogP contribution < -0.4 is 15.0 Å². The summed E-state index contributed by atoms with van der Waals surface area (Å²) < 4.78 is 22.5. The molecule has 0 unspecified atom stereocenters. The first kappa shape index (κ1) is 25.2. The Morgan fingerprint density at radius 1 is 1.13 bits per heavy atom. The molecule has 38 heavy (non-hydrogen) atoms. The van der Waals surface area contributed by atoms with Crippen molar-refractivity contribution in [1.29, 1.82) is 5.26 Å². The van der Waals surface area contributed by atoms with E-state index in [9.17, 15) is 10.1 Å². The molecule has 194 valence electrons. The molecule has 0 amide bonds. The Labute approximate surface area is 220 Å². The van der Waals surface area contributed by atoms with Gasteiger partial charge in [0.2, 0.25) is 11.8 Å². The van der Waals surface area contributed by atoms with Crippen molar-refractivity contribution in [2.24, 2.45) is 0 Å². The smallest absolute Gasteiger partial charge is 0.242 e. The third-order valence-electron chi connectivity index (χ3n) is 6.83. The number of likely N-dealkylation sites (N-methyl/N-ethyl adjacent to an activating group) is 1. The molecular formula is C28H28FN7O2. The van der Waals surface area contributed by atoms with Crippen molar-refractivity contribution in [3.8, 4) is 17.7 Å². The second kappa shape index (κ2) is 10.5. The van der Waals surface area contributed by atoms with Gasteiger partial charge in [0.25, 0.3) is 0 Å². The van der Waals surface area contributed by atoms with Gasteiger partial charge in [-0.15, -0.1) is 0 Å². The number of hydrogen-bond acceptors (Lipinski definition) is 8. The highest BCUT2D eigenvalue weighted by Gasteiger charge is 2.20. The summed E-state index contributed by atoms with van der Waals surface area (Å²) in [6.45, 7) is 10.4. The number of aromatic nitrogens is 3. The number of nitriles is 1. The maximum absolute atomic E-state index is 15.3. The maximum atomic E-state index is 15.3. The summed E-state index contributed by atoms with van der Waals surface area (Å²) in [7, 11) is 0. The van der Waals surface area contributed by atoms with Crippen LogP contribution in [0.1, 0.15) is 29.9 Å². The molecule has 2 aromatic heterocycles. The van der Waals surface area contributed by atoms with Gasteiger partial charge in [0.15, 0.2) is 22.9 Å². The van der Waals surface area contributed by atoms with Gasteiger partial charge in [0.05, 0.1) is 5.52 Å². The predicted molar refractivity (Wildman–Crippen MR) is 144 cm³/mol.